The highest BCUT2D eigenvalue weighted by Crippen LogP contribution is 2.27. The first-order valence-electron chi connectivity index (χ1n) is 9.53. The second-order valence-corrected chi connectivity index (χ2v) is 7.25. The van der Waals surface area contributed by atoms with Crippen LogP contribution in [0.2, 0.25) is 5.02 Å². The molecular weight excluding hydrogens is 412 g/mol. The van der Waals surface area contributed by atoms with Crippen molar-refractivity contribution in [3.63, 3.8) is 0 Å². The second-order valence-electron chi connectivity index (χ2n) is 6.81. The number of nitrogens with one attached hydrogen (secondary N) is 1. The van der Waals surface area contributed by atoms with Crippen molar-refractivity contribution < 1.29 is 14.3 Å². The van der Waals surface area contributed by atoms with Crippen LogP contribution in [0, 0.1) is 18.3 Å². The average molecular weight is 433 g/mol. The van der Waals surface area contributed by atoms with E-state index in [0.29, 0.717) is 34.4 Å². The predicted octanol–water partition coefficient (Wildman–Crippen LogP) is 5.78. The maximum atomic E-state index is 12.6. The molecule has 0 aliphatic heterocycles. The zero-order valence-corrected chi connectivity index (χ0v) is 17.9. The van der Waals surface area contributed by atoms with E-state index in [4.69, 9.17) is 21.1 Å². The number of methoxy groups -OCH3 is 1. The fourth-order valence-corrected chi connectivity index (χ4v) is 3.08. The van der Waals surface area contributed by atoms with Gasteiger partial charge in [-0.25, -0.2) is 0 Å². The number of carbonyl (C=O) groups excluding carboxylic acids is 1. The van der Waals surface area contributed by atoms with Gasteiger partial charge < -0.3 is 14.8 Å². The van der Waals surface area contributed by atoms with Crippen LogP contribution in [0.4, 0.5) is 5.69 Å². The smallest absolute Gasteiger partial charge is 0.266 e. The normalized spacial score (nSPS) is 10.8. The molecule has 0 saturated heterocycles. The van der Waals surface area contributed by atoms with Gasteiger partial charge in [0.25, 0.3) is 5.91 Å². The summed E-state index contributed by atoms with van der Waals surface area (Å²) in [5.41, 5.74) is 3.18. The van der Waals surface area contributed by atoms with Gasteiger partial charge in [-0.05, 0) is 61.0 Å². The number of benzene rings is 3. The Morgan fingerprint density at radius 3 is 2.58 bits per heavy atom. The molecule has 0 fully saturated rings. The molecule has 0 aliphatic carbocycles. The van der Waals surface area contributed by atoms with Crippen LogP contribution in [0.3, 0.4) is 0 Å². The summed E-state index contributed by atoms with van der Waals surface area (Å²) in [5.74, 6) is 0.663. The van der Waals surface area contributed by atoms with Gasteiger partial charge in [0.1, 0.15) is 29.7 Å². The molecule has 31 heavy (non-hydrogen) atoms. The molecule has 3 aromatic carbocycles. The molecular formula is C25H21ClN2O3. The second kappa shape index (κ2) is 10.3. The molecule has 5 nitrogen and oxygen atoms in total. The van der Waals surface area contributed by atoms with Gasteiger partial charge in [-0.1, -0.05) is 41.4 Å². The van der Waals surface area contributed by atoms with Crippen molar-refractivity contribution in [3.05, 3.63) is 94.0 Å². The summed E-state index contributed by atoms with van der Waals surface area (Å²) in [6.45, 7) is 2.37. The maximum Gasteiger partial charge on any atom is 0.266 e. The Balaban J connectivity index is 1.81. The summed E-state index contributed by atoms with van der Waals surface area (Å²) in [6, 6.07) is 21.9. The number of ether oxygens (including phenoxy) is 2. The molecule has 0 saturated carbocycles. The number of hydrogen-bond donors (Lipinski definition) is 1. The highest BCUT2D eigenvalue weighted by Gasteiger charge is 2.12. The van der Waals surface area contributed by atoms with Gasteiger partial charge >= 0.3 is 0 Å². The minimum Gasteiger partial charge on any atom is -0.497 e. The topological polar surface area (TPSA) is 71.3 Å². The molecule has 1 N–H and O–H groups in total. The first kappa shape index (κ1) is 21.9. The Hall–Kier alpha value is -3.75. The molecule has 156 valence electrons. The van der Waals surface area contributed by atoms with E-state index in [1.807, 2.05) is 37.3 Å². The van der Waals surface area contributed by atoms with Crippen LogP contribution in [0.5, 0.6) is 11.5 Å². The van der Waals surface area contributed by atoms with Gasteiger partial charge in [-0.3, -0.25) is 4.79 Å². The summed E-state index contributed by atoms with van der Waals surface area (Å²) < 4.78 is 11.0. The van der Waals surface area contributed by atoms with E-state index in [0.717, 1.165) is 11.1 Å². The fourth-order valence-electron chi connectivity index (χ4n) is 2.90. The third kappa shape index (κ3) is 6.11. The molecule has 3 rings (SSSR count). The summed E-state index contributed by atoms with van der Waals surface area (Å²) >= 11 is 6.14. The molecule has 6 heteroatoms. The van der Waals surface area contributed by atoms with E-state index < -0.39 is 5.91 Å². The molecule has 3 aromatic rings. The van der Waals surface area contributed by atoms with Crippen molar-refractivity contribution in [1.29, 1.82) is 5.26 Å². The van der Waals surface area contributed by atoms with E-state index in [1.165, 1.54) is 6.08 Å². The van der Waals surface area contributed by atoms with Gasteiger partial charge in [-0.15, -0.1) is 0 Å². The van der Waals surface area contributed by atoms with Crippen LogP contribution in [0.1, 0.15) is 16.7 Å². The molecule has 0 atom stereocenters. The standard InChI is InChI=1S/C25H21ClN2O3/c1-17-4-3-5-18(12-17)16-31-24-11-6-21(26)14-19(24)13-20(15-27)25(29)28-22-7-9-23(30-2)10-8-22/h3-14H,16H2,1-2H3,(H,28,29)/b20-13+. The molecule has 0 unspecified atom stereocenters. The Morgan fingerprint density at radius 2 is 1.90 bits per heavy atom. The molecule has 0 heterocycles. The molecule has 1 amide bonds. The van der Waals surface area contributed by atoms with Crippen LogP contribution in [-0.2, 0) is 11.4 Å². The van der Waals surface area contributed by atoms with Gasteiger partial charge in [0.15, 0.2) is 0 Å². The quantitative estimate of drug-likeness (QED) is 0.379. The molecule has 0 aliphatic rings. The Bertz CT molecular complexity index is 1150. The molecule has 0 radical (unpaired) electrons. The van der Waals surface area contributed by atoms with Crippen LogP contribution < -0.4 is 14.8 Å². The number of nitrogens with zero attached hydrogens (tertiary/aromatic N) is 1. The highest BCUT2D eigenvalue weighted by atomic mass is 35.5. The Labute approximate surface area is 186 Å². The number of aryl methyl sites for hydroxylation is 1. The van der Waals surface area contributed by atoms with Crippen molar-refractivity contribution in [2.45, 2.75) is 13.5 Å². The minimum atomic E-state index is -0.530. The lowest BCUT2D eigenvalue weighted by molar-refractivity contribution is -0.112. The van der Waals surface area contributed by atoms with Crippen LogP contribution in [0.25, 0.3) is 6.08 Å². The third-order valence-corrected chi connectivity index (χ3v) is 4.70. The number of anilines is 1. The van der Waals surface area contributed by atoms with Gasteiger partial charge in [0.2, 0.25) is 0 Å². The number of hydrogen-bond acceptors (Lipinski definition) is 4. The summed E-state index contributed by atoms with van der Waals surface area (Å²) in [4.78, 5) is 12.6. The van der Waals surface area contributed by atoms with Crippen molar-refractivity contribution in [2.24, 2.45) is 0 Å². The average Bonchev–Trinajstić information content (AvgIpc) is 2.77. The molecule has 0 aromatic heterocycles. The van der Waals surface area contributed by atoms with Crippen molar-refractivity contribution in [3.8, 4) is 17.6 Å². The largest absolute Gasteiger partial charge is 0.497 e. The summed E-state index contributed by atoms with van der Waals surface area (Å²) in [6.07, 6.45) is 1.47. The summed E-state index contributed by atoms with van der Waals surface area (Å²) in [5, 5.41) is 12.7. The van der Waals surface area contributed by atoms with Gasteiger partial charge in [-0.2, -0.15) is 5.26 Å². The highest BCUT2D eigenvalue weighted by molar-refractivity contribution is 6.30. The molecule has 0 spiro atoms. The zero-order chi connectivity index (χ0) is 22.2. The van der Waals surface area contributed by atoms with E-state index >= 15 is 0 Å². The predicted molar refractivity (Wildman–Crippen MR) is 122 cm³/mol. The number of nitriles is 1. The fraction of sp³-hybridized carbons (Fsp3) is 0.120. The third-order valence-electron chi connectivity index (χ3n) is 4.46. The lowest BCUT2D eigenvalue weighted by Crippen LogP contribution is -2.13. The van der Waals surface area contributed by atoms with Crippen molar-refractivity contribution >= 4 is 29.3 Å². The lowest BCUT2D eigenvalue weighted by Gasteiger charge is -2.11. The van der Waals surface area contributed by atoms with Crippen LogP contribution in [-0.4, -0.2) is 13.0 Å². The Kier molecular flexibility index (Phi) is 7.31. The van der Waals surface area contributed by atoms with E-state index in [2.05, 4.69) is 5.32 Å². The van der Waals surface area contributed by atoms with E-state index in [1.54, 1.807) is 49.6 Å². The van der Waals surface area contributed by atoms with Crippen molar-refractivity contribution in [1.82, 2.24) is 0 Å². The Morgan fingerprint density at radius 1 is 1.13 bits per heavy atom. The maximum absolute atomic E-state index is 12.6. The minimum absolute atomic E-state index is 0.0708. The summed E-state index contributed by atoms with van der Waals surface area (Å²) in [7, 11) is 1.56. The first-order valence-corrected chi connectivity index (χ1v) is 9.91. The van der Waals surface area contributed by atoms with Crippen LogP contribution in [0.15, 0.2) is 72.3 Å². The van der Waals surface area contributed by atoms with Gasteiger partial charge in [0, 0.05) is 16.3 Å². The zero-order valence-electron chi connectivity index (χ0n) is 17.2. The van der Waals surface area contributed by atoms with Gasteiger partial charge in [0.05, 0.1) is 7.11 Å². The number of carbonyl (C=O) groups is 1. The number of halogens is 1. The van der Waals surface area contributed by atoms with Crippen molar-refractivity contribution in [2.75, 3.05) is 12.4 Å². The molecule has 0 bridgehead atoms. The number of amides is 1. The first-order chi connectivity index (χ1) is 15.0. The lowest BCUT2D eigenvalue weighted by atomic mass is 10.1. The SMILES string of the molecule is COc1ccc(NC(=O)/C(C#N)=C/c2cc(Cl)ccc2OCc2cccc(C)c2)cc1. The number of rotatable bonds is 7. The van der Waals surface area contributed by atoms with Crippen LogP contribution >= 0.6 is 11.6 Å². The van der Waals surface area contributed by atoms with E-state index in [-0.39, 0.29) is 5.57 Å². The monoisotopic (exact) mass is 432 g/mol. The van der Waals surface area contributed by atoms with E-state index in [9.17, 15) is 10.1 Å².